The van der Waals surface area contributed by atoms with Gasteiger partial charge in [-0.05, 0) is 59.7 Å². The van der Waals surface area contributed by atoms with Gasteiger partial charge in [-0.1, -0.05) is 12.1 Å². The molecule has 6 nitrogen and oxygen atoms in total. The van der Waals surface area contributed by atoms with Gasteiger partial charge in [-0.3, -0.25) is 4.31 Å². The van der Waals surface area contributed by atoms with Crippen molar-refractivity contribution in [3.63, 3.8) is 0 Å². The largest absolute Gasteiger partial charge is 0.505 e. The monoisotopic (exact) mass is 429 g/mol. The molecule has 0 spiro atoms. The van der Waals surface area contributed by atoms with E-state index in [0.717, 1.165) is 41.5 Å². The normalized spacial score (nSPS) is 14.0. The van der Waals surface area contributed by atoms with E-state index in [1.165, 1.54) is 23.5 Å². The Bertz CT molecular complexity index is 1170. The molecule has 1 aliphatic rings. The number of H-pyrrole nitrogens is 1. The van der Waals surface area contributed by atoms with E-state index in [1.807, 2.05) is 12.1 Å². The van der Waals surface area contributed by atoms with E-state index in [4.69, 9.17) is 0 Å². The molecule has 1 aliphatic carbocycles. The fourth-order valence-corrected chi connectivity index (χ4v) is 4.18. The van der Waals surface area contributed by atoms with Gasteiger partial charge in [0.15, 0.2) is 11.6 Å². The van der Waals surface area contributed by atoms with E-state index < -0.39 is 15.8 Å². The van der Waals surface area contributed by atoms with Crippen molar-refractivity contribution < 1.29 is 17.9 Å². The average Bonchev–Trinajstić information content (AvgIpc) is 3.42. The highest BCUT2D eigenvalue weighted by Crippen LogP contribution is 2.47. The van der Waals surface area contributed by atoms with Gasteiger partial charge >= 0.3 is 0 Å². The van der Waals surface area contributed by atoms with Crippen LogP contribution in [0.15, 0.2) is 48.8 Å². The topological polar surface area (TPSA) is 85.4 Å². The first-order valence-corrected chi connectivity index (χ1v) is 11.6. The number of hydrogen-bond donors (Lipinski definition) is 3. The molecule has 1 fully saturated rings. The van der Waals surface area contributed by atoms with Crippen LogP contribution in [0.5, 0.6) is 5.75 Å². The number of nitrogens with one attached hydrogen (secondary N) is 2. The standard InChI is InChI=1S/C22H24FN3O3S/c1-26(30(2,28)29)21-5-3-4-16(19(21)13-25-15-8-9-24-12-15)18-10-20(23)22(27)11-17(18)14-6-7-14/h3-5,8-12,14,24-25,27H,6-7,13H2,1-2H3. The fraction of sp³-hybridized carbons (Fsp3) is 0.273. The van der Waals surface area contributed by atoms with Gasteiger partial charge < -0.3 is 15.4 Å². The third-order valence-electron chi connectivity index (χ3n) is 5.48. The van der Waals surface area contributed by atoms with Gasteiger partial charge in [0, 0.05) is 31.5 Å². The molecule has 3 N–H and O–H groups in total. The van der Waals surface area contributed by atoms with Gasteiger partial charge in [0.2, 0.25) is 10.0 Å². The van der Waals surface area contributed by atoms with Crippen LogP contribution in [0.1, 0.15) is 29.9 Å². The van der Waals surface area contributed by atoms with E-state index in [2.05, 4.69) is 10.3 Å². The Kier molecular flexibility index (Phi) is 5.19. The maximum atomic E-state index is 14.3. The molecule has 1 heterocycles. The summed E-state index contributed by atoms with van der Waals surface area (Å²) in [6.45, 7) is 0.343. The lowest BCUT2D eigenvalue weighted by atomic mass is 9.91. The Morgan fingerprint density at radius 3 is 2.63 bits per heavy atom. The molecule has 2 aromatic carbocycles. The van der Waals surface area contributed by atoms with Gasteiger partial charge in [0.25, 0.3) is 0 Å². The molecule has 0 atom stereocenters. The highest BCUT2D eigenvalue weighted by Gasteiger charge is 2.29. The summed E-state index contributed by atoms with van der Waals surface area (Å²) in [5, 5.41) is 13.2. The molecule has 0 saturated heterocycles. The first-order valence-electron chi connectivity index (χ1n) is 9.71. The lowest BCUT2D eigenvalue weighted by Gasteiger charge is -2.24. The SMILES string of the molecule is CN(c1cccc(-c2cc(F)c(O)cc2C2CC2)c1CNc1cc[nH]c1)S(C)(=O)=O. The van der Waals surface area contributed by atoms with Crippen LogP contribution in [0.4, 0.5) is 15.8 Å². The summed E-state index contributed by atoms with van der Waals surface area (Å²) >= 11 is 0. The predicted molar refractivity (Wildman–Crippen MR) is 117 cm³/mol. The number of phenolic OH excluding ortho intramolecular Hbond substituents is 1. The molecule has 0 aliphatic heterocycles. The Morgan fingerprint density at radius 1 is 1.23 bits per heavy atom. The third-order valence-corrected chi connectivity index (χ3v) is 6.67. The highest BCUT2D eigenvalue weighted by atomic mass is 32.2. The number of halogens is 1. The van der Waals surface area contributed by atoms with Crippen molar-refractivity contribution in [2.45, 2.75) is 25.3 Å². The number of aromatic nitrogens is 1. The number of rotatable bonds is 7. The number of anilines is 2. The zero-order chi connectivity index (χ0) is 21.5. The minimum Gasteiger partial charge on any atom is -0.505 e. The number of benzene rings is 2. The fourth-order valence-electron chi connectivity index (χ4n) is 3.65. The number of sulfonamides is 1. The molecule has 0 unspecified atom stereocenters. The number of nitrogens with zero attached hydrogens (tertiary/aromatic N) is 1. The molecule has 1 aromatic heterocycles. The van der Waals surface area contributed by atoms with E-state index in [1.54, 1.807) is 24.5 Å². The second-order valence-corrected chi connectivity index (χ2v) is 9.67. The van der Waals surface area contributed by atoms with Gasteiger partial charge in [0.05, 0.1) is 17.6 Å². The molecular weight excluding hydrogens is 405 g/mol. The summed E-state index contributed by atoms with van der Waals surface area (Å²) in [6, 6.07) is 10.1. The van der Waals surface area contributed by atoms with Crippen LogP contribution in [-0.4, -0.2) is 31.8 Å². The number of aromatic hydroxyl groups is 1. The van der Waals surface area contributed by atoms with E-state index in [0.29, 0.717) is 17.8 Å². The Balaban J connectivity index is 1.88. The van der Waals surface area contributed by atoms with Crippen molar-refractivity contribution in [2.75, 3.05) is 22.9 Å². The first-order chi connectivity index (χ1) is 14.3. The van der Waals surface area contributed by atoms with Crippen LogP contribution < -0.4 is 9.62 Å². The van der Waals surface area contributed by atoms with Gasteiger partial charge in [0.1, 0.15) is 0 Å². The molecule has 30 heavy (non-hydrogen) atoms. The quantitative estimate of drug-likeness (QED) is 0.519. The highest BCUT2D eigenvalue weighted by molar-refractivity contribution is 7.92. The molecular formula is C22H24FN3O3S. The Labute approximate surface area is 175 Å². The van der Waals surface area contributed by atoms with Crippen molar-refractivity contribution in [3.05, 3.63) is 65.7 Å². The Hall–Kier alpha value is -3.00. The minimum atomic E-state index is -3.49. The van der Waals surface area contributed by atoms with Gasteiger partial charge in [-0.25, -0.2) is 12.8 Å². The van der Waals surface area contributed by atoms with Gasteiger partial charge in [-0.15, -0.1) is 0 Å². The van der Waals surface area contributed by atoms with Crippen molar-refractivity contribution in [1.82, 2.24) is 4.98 Å². The number of aromatic amines is 1. The first kappa shape index (κ1) is 20.3. The summed E-state index contributed by atoms with van der Waals surface area (Å²) in [5.41, 5.74) is 4.43. The smallest absolute Gasteiger partial charge is 0.232 e. The van der Waals surface area contributed by atoms with Crippen molar-refractivity contribution >= 4 is 21.4 Å². The van der Waals surface area contributed by atoms with Crippen LogP contribution in [0.25, 0.3) is 11.1 Å². The summed E-state index contributed by atoms with van der Waals surface area (Å²) in [7, 11) is -1.99. The lowest BCUT2D eigenvalue weighted by molar-refractivity contribution is 0.432. The van der Waals surface area contributed by atoms with E-state index in [-0.39, 0.29) is 11.7 Å². The lowest BCUT2D eigenvalue weighted by Crippen LogP contribution is -2.26. The summed E-state index contributed by atoms with van der Waals surface area (Å²) in [6.07, 6.45) is 6.71. The van der Waals surface area contributed by atoms with Crippen LogP contribution >= 0.6 is 0 Å². The molecule has 0 bridgehead atoms. The van der Waals surface area contributed by atoms with E-state index in [9.17, 15) is 17.9 Å². The average molecular weight is 430 g/mol. The molecule has 3 aromatic rings. The second-order valence-electron chi connectivity index (χ2n) is 7.65. The summed E-state index contributed by atoms with van der Waals surface area (Å²) in [4.78, 5) is 2.97. The summed E-state index contributed by atoms with van der Waals surface area (Å²) < 4.78 is 40.1. The molecule has 0 radical (unpaired) electrons. The van der Waals surface area contributed by atoms with Crippen LogP contribution in [0.2, 0.25) is 0 Å². The van der Waals surface area contributed by atoms with Crippen LogP contribution in [0, 0.1) is 5.82 Å². The molecule has 158 valence electrons. The van der Waals surface area contributed by atoms with Crippen LogP contribution in [-0.2, 0) is 16.6 Å². The maximum Gasteiger partial charge on any atom is 0.232 e. The van der Waals surface area contributed by atoms with Crippen molar-refractivity contribution in [3.8, 4) is 16.9 Å². The third kappa shape index (κ3) is 4.00. The van der Waals surface area contributed by atoms with Crippen LogP contribution in [0.3, 0.4) is 0 Å². The molecule has 1 saturated carbocycles. The molecule has 4 rings (SSSR count). The molecule has 0 amide bonds. The zero-order valence-electron chi connectivity index (χ0n) is 16.8. The van der Waals surface area contributed by atoms with Crippen molar-refractivity contribution in [2.24, 2.45) is 0 Å². The molecule has 8 heteroatoms. The Morgan fingerprint density at radius 2 is 2.00 bits per heavy atom. The summed E-state index contributed by atoms with van der Waals surface area (Å²) in [5.74, 6) is -0.786. The predicted octanol–water partition coefficient (Wildman–Crippen LogP) is 4.41. The minimum absolute atomic E-state index is 0.272. The number of hydrogen-bond acceptors (Lipinski definition) is 4. The zero-order valence-corrected chi connectivity index (χ0v) is 17.6. The van der Waals surface area contributed by atoms with E-state index >= 15 is 0 Å². The second kappa shape index (κ2) is 7.68. The van der Waals surface area contributed by atoms with Crippen molar-refractivity contribution in [1.29, 1.82) is 0 Å². The van der Waals surface area contributed by atoms with Gasteiger partial charge in [-0.2, -0.15) is 0 Å². The number of phenols is 1. The maximum absolute atomic E-state index is 14.3.